The first-order chi connectivity index (χ1) is 59.2. The molecule has 124 heavy (non-hydrogen) atoms. The van der Waals surface area contributed by atoms with Gasteiger partial charge >= 0.3 is 0 Å². The van der Waals surface area contributed by atoms with Gasteiger partial charge < -0.3 is 76.4 Å². The van der Waals surface area contributed by atoms with Gasteiger partial charge in [-0.25, -0.2) is 25.3 Å². The van der Waals surface area contributed by atoms with Crippen molar-refractivity contribution in [2.24, 2.45) is 0 Å². The first kappa shape index (κ1) is 90.8. The number of aryl methyl sites for hydroxylation is 3. The van der Waals surface area contributed by atoms with E-state index < -0.39 is 40.0 Å². The maximum Gasteiger partial charge on any atom is 0.231 e. The summed E-state index contributed by atoms with van der Waals surface area (Å²) in [5.41, 5.74) is 13.0. The van der Waals surface area contributed by atoms with Crippen molar-refractivity contribution >= 4 is 132 Å². The van der Waals surface area contributed by atoms with E-state index in [1.807, 2.05) is 65.8 Å². The number of aliphatic hydroxyl groups excluding tert-OH is 1. The molecule has 3 saturated heterocycles. The second kappa shape index (κ2) is 39.5. The van der Waals surface area contributed by atoms with E-state index in [4.69, 9.17) is 39.1 Å². The average molecular weight is 1750 g/mol. The van der Waals surface area contributed by atoms with E-state index in [0.29, 0.717) is 87.1 Å². The molecule has 11 N–H and O–H groups in total. The number of ether oxygens (including phenoxy) is 3. The summed E-state index contributed by atoms with van der Waals surface area (Å²) in [6.45, 7) is 36.9. The van der Waals surface area contributed by atoms with Crippen molar-refractivity contribution in [2.45, 2.75) is 210 Å². The Kier molecular flexibility index (Phi) is 28.9. The van der Waals surface area contributed by atoms with Crippen LogP contribution in [0.25, 0.3) is 33.1 Å². The van der Waals surface area contributed by atoms with Crippen molar-refractivity contribution in [1.82, 2.24) is 60.0 Å². The number of sulfone groups is 3. The average Bonchev–Trinajstić information content (AvgIpc) is 1.48. The Morgan fingerprint density at radius 3 is 1.06 bits per heavy atom. The van der Waals surface area contributed by atoms with Crippen LogP contribution >= 0.6 is 0 Å². The van der Waals surface area contributed by atoms with E-state index >= 15 is 0 Å². The Labute approximate surface area is 728 Å². The first-order valence-electron chi connectivity index (χ1n) is 43.1. The monoisotopic (exact) mass is 1740 g/mol. The Morgan fingerprint density at radius 2 is 0.742 bits per heavy atom. The fourth-order valence-electron chi connectivity index (χ4n) is 16.3. The molecule has 3 aliphatic rings. The maximum atomic E-state index is 13.1. The van der Waals surface area contributed by atoms with Crippen molar-refractivity contribution in [3.63, 3.8) is 0 Å². The molecule has 0 aliphatic carbocycles. The van der Waals surface area contributed by atoms with Gasteiger partial charge in [-0.1, -0.05) is 43.3 Å². The molecule has 6 aromatic carbocycles. The lowest BCUT2D eigenvalue weighted by molar-refractivity contribution is 0.108. The Bertz CT molecular complexity index is 6090. The fourth-order valence-corrected chi connectivity index (χ4v) is 19.5. The lowest BCUT2D eigenvalue weighted by atomic mass is 9.86. The molecule has 0 radical (unpaired) electrons. The number of aliphatic hydroxyl groups is 1. The third kappa shape index (κ3) is 21.5. The summed E-state index contributed by atoms with van der Waals surface area (Å²) >= 11 is 0. The molecule has 28 nitrogen and oxygen atoms in total. The van der Waals surface area contributed by atoms with Crippen LogP contribution in [-0.4, -0.2) is 179 Å². The van der Waals surface area contributed by atoms with Crippen LogP contribution in [0.15, 0.2) is 161 Å². The third-order valence-electron chi connectivity index (χ3n) is 23.0. The topological polar surface area (TPSA) is 366 Å². The molecule has 31 heteroatoms. The van der Waals surface area contributed by atoms with Crippen LogP contribution in [0.3, 0.4) is 0 Å². The molecule has 9 heterocycles. The number of fused-ring (bicyclic) bond motifs is 3. The van der Waals surface area contributed by atoms with Gasteiger partial charge in [-0.05, 0) is 323 Å². The van der Waals surface area contributed by atoms with Gasteiger partial charge in [0.15, 0.2) is 29.5 Å². The van der Waals surface area contributed by atoms with Crippen LogP contribution in [0.1, 0.15) is 173 Å². The fraction of sp³-hybridized carbons (Fsp3) is 0.419. The SMILES string of the molecule is CCN1CCC(c2cc(OC(C)C)c(Nc3nc(Nc4ccccc4S(=O)(=O)C(C)C)c4cc[nH]c4n3)cc2C)CC1.Cc1cc(Nc2nc(Nc3ccccc3S(=O)(=O)C(C)C)c3cc[nH]c3n2)c(OC(C)C)cc1C1CCN(C(C)CO)CC1.Cc1cc(Nc2nc(Nc3ccccc3S(C)(=O)=O)c3cc[nH]c3n2)c(OC(C)C)cc1C1CCNCC1. The van der Waals surface area contributed by atoms with Gasteiger partial charge in [0.1, 0.15) is 51.6 Å². The number of rotatable bonds is 29. The minimum atomic E-state index is -3.53. The molecular weight excluding hydrogens is 1630 g/mol. The largest absolute Gasteiger partial charge is 0.489 e. The van der Waals surface area contributed by atoms with Crippen molar-refractivity contribution in [1.29, 1.82) is 0 Å². The highest BCUT2D eigenvalue weighted by Crippen LogP contribution is 2.44. The number of piperidine rings is 3. The molecular formula is C93H120N18O10S3. The summed E-state index contributed by atoms with van der Waals surface area (Å²) in [5, 5.41) is 34.1. The summed E-state index contributed by atoms with van der Waals surface area (Å²) in [7, 11) is -10.5. The standard InChI is InChI=1S/C33H44N6O4S.C32H42N6O3S.C28H34N6O3S/c1-20(2)43-29-18-26(24-12-15-39(16-13-24)23(6)19-40)22(5)17-28(29)36-33-37-31-25(11-14-34-31)32(38-33)35-27-9-7-8-10-30(27)44(41,42)21(3)4;1-7-38-16-13-23(14-17-38)25-19-28(41-20(2)3)27(18-22(25)6)35-32-36-30-24(12-15-33-30)31(37-32)34-26-10-8-9-11-29(26)42(39,40)21(4)5;1-17(2)37-24-16-21(19-9-12-29-13-10-19)18(3)15-23(24)32-28-33-26-20(11-14-30-26)27(34-28)31-22-7-5-6-8-25(22)38(4,35)36/h7-11,14,17-18,20-21,23-24,40H,12-13,15-16,19H2,1-6H3,(H3,34,35,36,37,38);8-12,15,18-21,23H,7,13-14,16-17H2,1-6H3,(H3,33,34,35,36,37);5-8,11,14-17,19,29H,9-10,12-13H2,1-4H3,(H3,30,31,32,33,34). The summed E-state index contributed by atoms with van der Waals surface area (Å²) in [6.07, 6.45) is 13.0. The predicted octanol–water partition coefficient (Wildman–Crippen LogP) is 18.6. The number of nitrogens with one attached hydrogen (secondary N) is 10. The van der Waals surface area contributed by atoms with Crippen molar-refractivity contribution in [3.8, 4) is 17.2 Å². The molecule has 0 saturated carbocycles. The molecule has 0 bridgehead atoms. The predicted molar refractivity (Wildman–Crippen MR) is 498 cm³/mol. The zero-order chi connectivity index (χ0) is 88.5. The van der Waals surface area contributed by atoms with E-state index in [1.54, 1.807) is 113 Å². The van der Waals surface area contributed by atoms with Gasteiger partial charge in [0.05, 0.1) is 100 Å². The molecule has 3 fully saturated rings. The maximum absolute atomic E-state index is 13.1. The van der Waals surface area contributed by atoms with Crippen molar-refractivity contribution in [3.05, 3.63) is 179 Å². The summed E-state index contributed by atoms with van der Waals surface area (Å²) < 4.78 is 95.9. The highest BCUT2D eigenvalue weighted by atomic mass is 32.2. The Hall–Kier alpha value is -10.9. The molecule has 0 amide bonds. The number of aromatic nitrogens is 9. The second-order valence-corrected chi connectivity index (χ2v) is 40.7. The summed E-state index contributed by atoms with van der Waals surface area (Å²) in [4.78, 5) is 43.4. The van der Waals surface area contributed by atoms with Gasteiger partial charge in [0.2, 0.25) is 17.8 Å². The number of anilines is 12. The number of hydrogen-bond acceptors (Lipinski definition) is 25. The second-order valence-electron chi connectivity index (χ2n) is 33.8. The zero-order valence-electron chi connectivity index (χ0n) is 73.9. The van der Waals surface area contributed by atoms with Gasteiger partial charge in [-0.2, -0.15) is 29.9 Å². The van der Waals surface area contributed by atoms with Crippen molar-refractivity contribution < 1.29 is 44.6 Å². The summed E-state index contributed by atoms with van der Waals surface area (Å²) in [5.74, 6) is 6.20. The number of hydrogen-bond donors (Lipinski definition) is 11. The van der Waals surface area contributed by atoms with E-state index in [-0.39, 0.29) is 45.6 Å². The number of nitrogens with zero attached hydrogens (tertiary/aromatic N) is 8. The molecule has 3 aliphatic heterocycles. The van der Waals surface area contributed by atoms with E-state index in [9.17, 15) is 30.4 Å². The first-order valence-corrected chi connectivity index (χ1v) is 48.1. The lowest BCUT2D eigenvalue weighted by Gasteiger charge is -2.36. The molecule has 1 atom stereocenters. The van der Waals surface area contributed by atoms with Gasteiger partial charge in [0.25, 0.3) is 0 Å². The molecule has 660 valence electrons. The highest BCUT2D eigenvalue weighted by molar-refractivity contribution is 7.92. The normalized spacial score (nSPS) is 15.1. The number of likely N-dealkylation sites (tertiary alicyclic amines) is 2. The van der Waals surface area contributed by atoms with Gasteiger partial charge in [0, 0.05) is 30.9 Å². The smallest absolute Gasteiger partial charge is 0.231 e. The van der Waals surface area contributed by atoms with E-state index in [0.717, 1.165) is 140 Å². The Balaban J connectivity index is 0.000000160. The molecule has 1 unspecified atom stereocenters. The number of H-pyrrole nitrogens is 3. The van der Waals surface area contributed by atoms with Crippen LogP contribution in [0.2, 0.25) is 0 Å². The van der Waals surface area contributed by atoms with Crippen LogP contribution in [0, 0.1) is 20.8 Å². The molecule has 12 aromatic rings. The highest BCUT2D eigenvalue weighted by Gasteiger charge is 2.31. The minimum absolute atomic E-state index is 0.00402. The number of benzene rings is 6. The molecule has 0 spiro atoms. The number of para-hydroxylation sites is 3. The Morgan fingerprint density at radius 1 is 0.419 bits per heavy atom. The quantitative estimate of drug-likeness (QED) is 0.0207. The molecule has 6 aromatic heterocycles. The van der Waals surface area contributed by atoms with Gasteiger partial charge in [-0.3, -0.25) is 4.90 Å². The van der Waals surface area contributed by atoms with Crippen LogP contribution < -0.4 is 51.4 Å². The zero-order valence-corrected chi connectivity index (χ0v) is 76.3. The lowest BCUT2D eigenvalue weighted by Crippen LogP contribution is -2.41. The third-order valence-corrected chi connectivity index (χ3v) is 28.5. The number of aromatic amines is 3. The van der Waals surface area contributed by atoms with E-state index in [1.165, 1.54) is 34.1 Å². The van der Waals surface area contributed by atoms with Gasteiger partial charge in [-0.15, -0.1) is 0 Å². The van der Waals surface area contributed by atoms with Crippen LogP contribution in [-0.2, 0) is 29.5 Å². The van der Waals surface area contributed by atoms with E-state index in [2.05, 4.69) is 138 Å². The van der Waals surface area contributed by atoms with Crippen LogP contribution in [0.5, 0.6) is 17.2 Å². The molecule has 15 rings (SSSR count). The summed E-state index contributed by atoms with van der Waals surface area (Å²) in [6, 6.07) is 39.2. The minimum Gasteiger partial charge on any atom is -0.489 e. The van der Waals surface area contributed by atoms with Crippen molar-refractivity contribution in [2.75, 3.05) is 90.6 Å². The van der Waals surface area contributed by atoms with Crippen LogP contribution in [0.4, 0.5) is 69.4 Å².